The molecular weight excluding hydrogens is 240 g/mol. The van der Waals surface area contributed by atoms with Crippen molar-refractivity contribution in [2.24, 2.45) is 0 Å². The number of amides is 1. The fourth-order valence-corrected chi connectivity index (χ4v) is 3.10. The van der Waals surface area contributed by atoms with Crippen molar-refractivity contribution in [2.45, 2.75) is 25.4 Å². The van der Waals surface area contributed by atoms with Crippen molar-refractivity contribution in [3.05, 3.63) is 29.8 Å². The zero-order valence-electron chi connectivity index (χ0n) is 11.3. The molecule has 0 aliphatic carbocycles. The van der Waals surface area contributed by atoms with Crippen LogP contribution < -0.4 is 4.90 Å². The molecule has 19 heavy (non-hydrogen) atoms. The lowest BCUT2D eigenvalue weighted by Crippen LogP contribution is -2.62. The van der Waals surface area contributed by atoms with Gasteiger partial charge in [-0.25, -0.2) is 0 Å². The number of aliphatic hydroxyl groups is 1. The molecule has 0 bridgehead atoms. The molecule has 1 amide bonds. The number of rotatable bonds is 2. The number of likely N-dealkylation sites (tertiary alicyclic amines) is 1. The predicted molar refractivity (Wildman–Crippen MR) is 74.2 cm³/mol. The average molecular weight is 260 g/mol. The van der Waals surface area contributed by atoms with Gasteiger partial charge in [-0.1, -0.05) is 18.2 Å². The van der Waals surface area contributed by atoms with Gasteiger partial charge in [0.25, 0.3) is 0 Å². The summed E-state index contributed by atoms with van der Waals surface area (Å²) in [6.45, 7) is 4.21. The molecule has 2 aliphatic rings. The zero-order valence-corrected chi connectivity index (χ0v) is 11.3. The number of benzene rings is 1. The van der Waals surface area contributed by atoms with E-state index in [0.29, 0.717) is 19.6 Å². The molecule has 4 heteroatoms. The molecule has 3 rings (SSSR count). The van der Waals surface area contributed by atoms with Gasteiger partial charge in [-0.05, 0) is 31.4 Å². The lowest BCUT2D eigenvalue weighted by atomic mass is 9.97. The average Bonchev–Trinajstić information content (AvgIpc) is 2.36. The number of hydrogen-bond acceptors (Lipinski definition) is 3. The Balaban J connectivity index is 1.68. The van der Waals surface area contributed by atoms with Crippen molar-refractivity contribution >= 4 is 11.6 Å². The summed E-state index contributed by atoms with van der Waals surface area (Å²) in [5, 5.41) is 9.70. The monoisotopic (exact) mass is 260 g/mol. The second kappa shape index (κ2) is 4.62. The fraction of sp³-hybridized carbons (Fsp3) is 0.533. The number of carbonyl (C=O) groups is 1. The van der Waals surface area contributed by atoms with Crippen LogP contribution >= 0.6 is 0 Å². The van der Waals surface area contributed by atoms with Crippen LogP contribution in [0.2, 0.25) is 0 Å². The van der Waals surface area contributed by atoms with Gasteiger partial charge in [-0.2, -0.15) is 0 Å². The molecule has 1 N–H and O–H groups in total. The third kappa shape index (κ3) is 2.51. The van der Waals surface area contributed by atoms with Crippen LogP contribution in [-0.2, 0) is 11.2 Å². The molecule has 1 aromatic rings. The van der Waals surface area contributed by atoms with E-state index in [0.717, 1.165) is 25.1 Å². The van der Waals surface area contributed by atoms with Crippen LogP contribution in [0.3, 0.4) is 0 Å². The summed E-state index contributed by atoms with van der Waals surface area (Å²) in [4.78, 5) is 16.3. The number of carbonyl (C=O) groups excluding carboxylic acids is 1. The van der Waals surface area contributed by atoms with Crippen LogP contribution in [-0.4, -0.2) is 47.7 Å². The number of anilines is 1. The Kier molecular flexibility index (Phi) is 3.07. The number of nitrogens with zero attached hydrogens (tertiary/aromatic N) is 2. The lowest BCUT2D eigenvalue weighted by Gasteiger charge is -2.44. The van der Waals surface area contributed by atoms with Crippen molar-refractivity contribution < 1.29 is 9.90 Å². The number of β-amino-alcohol motifs (C(OH)–C–C–N with tert-alkyl or cyclic N) is 1. The Labute approximate surface area is 113 Å². The normalized spacial score (nSPS) is 21.7. The molecule has 102 valence electrons. The van der Waals surface area contributed by atoms with Gasteiger partial charge < -0.3 is 10.0 Å². The molecule has 1 aromatic carbocycles. The SMILES string of the molecule is CC1(O)CN(CC(=O)N2CCCc3ccccc32)C1. The van der Waals surface area contributed by atoms with Crippen molar-refractivity contribution in [2.75, 3.05) is 31.1 Å². The van der Waals surface area contributed by atoms with Gasteiger partial charge in [0.1, 0.15) is 0 Å². The molecule has 2 aliphatic heterocycles. The predicted octanol–water partition coefficient (Wildman–Crippen LogP) is 1.03. The Hall–Kier alpha value is -1.39. The Morgan fingerprint density at radius 2 is 2.11 bits per heavy atom. The van der Waals surface area contributed by atoms with Gasteiger partial charge in [0, 0.05) is 25.3 Å². The Bertz CT molecular complexity index is 491. The highest BCUT2D eigenvalue weighted by molar-refractivity contribution is 5.96. The maximum absolute atomic E-state index is 12.4. The van der Waals surface area contributed by atoms with Gasteiger partial charge in [-0.15, -0.1) is 0 Å². The van der Waals surface area contributed by atoms with Gasteiger partial charge in [0.2, 0.25) is 5.91 Å². The Morgan fingerprint density at radius 3 is 2.84 bits per heavy atom. The van der Waals surface area contributed by atoms with Crippen molar-refractivity contribution in [1.82, 2.24) is 4.90 Å². The van der Waals surface area contributed by atoms with E-state index in [1.807, 2.05) is 34.9 Å². The Morgan fingerprint density at radius 1 is 1.37 bits per heavy atom. The van der Waals surface area contributed by atoms with Gasteiger partial charge in [-0.3, -0.25) is 9.69 Å². The van der Waals surface area contributed by atoms with Crippen molar-refractivity contribution in [3.63, 3.8) is 0 Å². The quantitative estimate of drug-likeness (QED) is 0.864. The van der Waals surface area contributed by atoms with Gasteiger partial charge in [0.05, 0.1) is 12.1 Å². The summed E-state index contributed by atoms with van der Waals surface area (Å²) in [6.07, 6.45) is 2.08. The minimum atomic E-state index is -0.611. The number of fused-ring (bicyclic) bond motifs is 1. The molecule has 0 radical (unpaired) electrons. The van der Waals surface area contributed by atoms with Crippen LogP contribution in [0.1, 0.15) is 18.9 Å². The van der Waals surface area contributed by atoms with E-state index < -0.39 is 5.60 Å². The fourth-order valence-electron chi connectivity index (χ4n) is 3.10. The van der Waals surface area contributed by atoms with E-state index in [2.05, 4.69) is 6.07 Å². The molecule has 0 aromatic heterocycles. The van der Waals surface area contributed by atoms with E-state index in [1.54, 1.807) is 0 Å². The lowest BCUT2D eigenvalue weighted by molar-refractivity contribution is -0.127. The molecule has 1 saturated heterocycles. The van der Waals surface area contributed by atoms with E-state index in [-0.39, 0.29) is 5.91 Å². The minimum absolute atomic E-state index is 0.141. The van der Waals surface area contributed by atoms with E-state index in [9.17, 15) is 9.90 Å². The first kappa shape index (κ1) is 12.6. The molecule has 4 nitrogen and oxygen atoms in total. The maximum Gasteiger partial charge on any atom is 0.241 e. The summed E-state index contributed by atoms with van der Waals surface area (Å²) in [5.74, 6) is 0.141. The second-order valence-electron chi connectivity index (χ2n) is 5.92. The standard InChI is InChI=1S/C15H20N2O2/c1-15(19)10-16(11-15)9-14(18)17-8-4-6-12-5-2-3-7-13(12)17/h2-3,5,7,19H,4,6,8-11H2,1H3. The van der Waals surface area contributed by atoms with Crippen LogP contribution in [0.5, 0.6) is 0 Å². The van der Waals surface area contributed by atoms with Gasteiger partial charge in [0.15, 0.2) is 0 Å². The largest absolute Gasteiger partial charge is 0.388 e. The third-order valence-corrected chi connectivity index (χ3v) is 3.90. The highest BCUT2D eigenvalue weighted by atomic mass is 16.3. The van der Waals surface area contributed by atoms with E-state index in [4.69, 9.17) is 0 Å². The summed E-state index contributed by atoms with van der Waals surface area (Å²) >= 11 is 0. The van der Waals surface area contributed by atoms with Crippen LogP contribution in [0.4, 0.5) is 5.69 Å². The molecule has 1 fully saturated rings. The summed E-state index contributed by atoms with van der Waals surface area (Å²) < 4.78 is 0. The molecule has 0 atom stereocenters. The summed E-state index contributed by atoms with van der Waals surface area (Å²) in [6, 6.07) is 8.14. The maximum atomic E-state index is 12.4. The minimum Gasteiger partial charge on any atom is -0.388 e. The molecular formula is C15H20N2O2. The topological polar surface area (TPSA) is 43.8 Å². The first-order chi connectivity index (χ1) is 9.05. The molecule has 0 spiro atoms. The van der Waals surface area contributed by atoms with Crippen LogP contribution in [0, 0.1) is 0 Å². The highest BCUT2D eigenvalue weighted by Gasteiger charge is 2.38. The van der Waals surface area contributed by atoms with Crippen molar-refractivity contribution in [3.8, 4) is 0 Å². The highest BCUT2D eigenvalue weighted by Crippen LogP contribution is 2.27. The first-order valence-electron chi connectivity index (χ1n) is 6.88. The van der Waals surface area contributed by atoms with Gasteiger partial charge >= 0.3 is 0 Å². The van der Waals surface area contributed by atoms with Crippen LogP contribution in [0.25, 0.3) is 0 Å². The van der Waals surface area contributed by atoms with E-state index >= 15 is 0 Å². The molecule has 0 saturated carbocycles. The van der Waals surface area contributed by atoms with E-state index in [1.165, 1.54) is 5.56 Å². The number of hydrogen-bond donors (Lipinski definition) is 1. The summed E-state index contributed by atoms with van der Waals surface area (Å²) in [5.41, 5.74) is 1.71. The number of para-hydroxylation sites is 1. The molecule has 0 unspecified atom stereocenters. The molecule has 2 heterocycles. The first-order valence-corrected chi connectivity index (χ1v) is 6.88. The van der Waals surface area contributed by atoms with Crippen LogP contribution in [0.15, 0.2) is 24.3 Å². The zero-order chi connectivity index (χ0) is 13.5. The second-order valence-corrected chi connectivity index (χ2v) is 5.92. The number of aryl methyl sites for hydroxylation is 1. The summed E-state index contributed by atoms with van der Waals surface area (Å²) in [7, 11) is 0. The smallest absolute Gasteiger partial charge is 0.241 e. The van der Waals surface area contributed by atoms with Crippen molar-refractivity contribution in [1.29, 1.82) is 0 Å². The third-order valence-electron chi connectivity index (χ3n) is 3.90.